The van der Waals surface area contributed by atoms with Gasteiger partial charge in [-0.2, -0.15) is 0 Å². The van der Waals surface area contributed by atoms with E-state index in [2.05, 4.69) is 27.3 Å². The quantitative estimate of drug-likeness (QED) is 0.244. The fraction of sp³-hybridized carbons (Fsp3) is 1.00. The summed E-state index contributed by atoms with van der Waals surface area (Å²) in [6.07, 6.45) is 0. The van der Waals surface area contributed by atoms with Gasteiger partial charge >= 0.3 is 26.4 Å². The molecule has 0 aromatic rings. The normalized spacial score (nSPS) is 18.3. The summed E-state index contributed by atoms with van der Waals surface area (Å²) in [5.41, 5.74) is 0.350. The standard InChI is InChI=1S/C19H48O9Si4/c1-17(30(20-4,21-5)22-6)14-29(13,15-18(2)31(23-7,24-8)25-9)16-19(3)32(26-10,27-11)28-12/h17-19H,14-16H2,1-13H3. The molecule has 0 saturated heterocycles. The molecule has 3 atom stereocenters. The molecule has 9 nitrogen and oxygen atoms in total. The van der Waals surface area contributed by atoms with Crippen molar-refractivity contribution in [2.45, 2.75) is 62.1 Å². The van der Waals surface area contributed by atoms with Crippen LogP contribution in [0.4, 0.5) is 0 Å². The largest absolute Gasteiger partial charge is 0.502 e. The van der Waals surface area contributed by atoms with Crippen LogP contribution in [-0.2, 0) is 39.8 Å². The van der Waals surface area contributed by atoms with E-state index in [-0.39, 0.29) is 16.6 Å². The van der Waals surface area contributed by atoms with Gasteiger partial charge in [0, 0.05) is 80.6 Å². The molecule has 0 saturated carbocycles. The topological polar surface area (TPSA) is 83.1 Å². The first-order valence-electron chi connectivity index (χ1n) is 10.9. The Morgan fingerprint density at radius 1 is 0.406 bits per heavy atom. The number of rotatable bonds is 18. The first kappa shape index (κ1) is 32.5. The average molecular weight is 533 g/mol. The van der Waals surface area contributed by atoms with E-state index in [1.165, 1.54) is 0 Å². The second-order valence-corrected chi connectivity index (χ2v) is 23.9. The lowest BCUT2D eigenvalue weighted by Gasteiger charge is -2.42. The first-order valence-corrected chi connectivity index (χ1v) is 19.4. The number of hydrogen-bond acceptors (Lipinski definition) is 9. The van der Waals surface area contributed by atoms with Gasteiger partial charge in [-0.3, -0.25) is 0 Å². The third-order valence-electron chi connectivity index (χ3n) is 6.77. The second-order valence-electron chi connectivity index (χ2n) is 8.77. The molecule has 3 unspecified atom stereocenters. The molecule has 0 aliphatic carbocycles. The van der Waals surface area contributed by atoms with Crippen LogP contribution >= 0.6 is 0 Å². The van der Waals surface area contributed by atoms with Crippen LogP contribution < -0.4 is 0 Å². The summed E-state index contributed by atoms with van der Waals surface area (Å²) in [5, 5.41) is 0. The van der Waals surface area contributed by atoms with E-state index in [4.69, 9.17) is 39.8 Å². The van der Waals surface area contributed by atoms with Crippen molar-refractivity contribution in [1.82, 2.24) is 0 Å². The predicted octanol–water partition coefficient (Wildman–Crippen LogP) is 3.87. The van der Waals surface area contributed by atoms with Crippen LogP contribution in [-0.4, -0.2) is 98.5 Å². The van der Waals surface area contributed by atoms with Crippen molar-refractivity contribution in [3.63, 3.8) is 0 Å². The van der Waals surface area contributed by atoms with Gasteiger partial charge in [-0.1, -0.05) is 45.5 Å². The average Bonchev–Trinajstić information content (AvgIpc) is 2.78. The highest BCUT2D eigenvalue weighted by molar-refractivity contribution is 6.83. The van der Waals surface area contributed by atoms with Gasteiger partial charge in [0.1, 0.15) is 0 Å². The maximum atomic E-state index is 5.80. The van der Waals surface area contributed by atoms with E-state index < -0.39 is 34.5 Å². The summed E-state index contributed by atoms with van der Waals surface area (Å²) in [5.74, 6) is 0. The van der Waals surface area contributed by atoms with E-state index in [0.717, 1.165) is 18.1 Å². The molecule has 0 amide bonds. The Morgan fingerprint density at radius 2 is 0.562 bits per heavy atom. The highest BCUT2D eigenvalue weighted by Gasteiger charge is 2.54. The molecular weight excluding hydrogens is 485 g/mol. The van der Waals surface area contributed by atoms with Gasteiger partial charge in [0.15, 0.2) is 0 Å². The third-order valence-corrected chi connectivity index (χ3v) is 22.1. The second kappa shape index (κ2) is 14.2. The van der Waals surface area contributed by atoms with Gasteiger partial charge in [0.2, 0.25) is 0 Å². The van der Waals surface area contributed by atoms with E-state index in [0.29, 0.717) is 0 Å². The Bertz CT molecular complexity index is 423. The molecular formula is C19H48O9Si4. The smallest absolute Gasteiger partial charge is 0.377 e. The Labute approximate surface area is 200 Å². The van der Waals surface area contributed by atoms with Crippen LogP contribution in [0.25, 0.3) is 0 Å². The highest BCUT2D eigenvalue weighted by Crippen LogP contribution is 2.45. The SMILES string of the molecule is CO[Si](OC)(OC)C(C)C[Si](C)(CC(C)[Si](OC)(OC)OC)CC(C)[Si](OC)(OC)OC. The molecule has 0 aromatic carbocycles. The third kappa shape index (κ3) is 7.26. The molecule has 0 radical (unpaired) electrons. The van der Waals surface area contributed by atoms with Crippen LogP contribution in [0.3, 0.4) is 0 Å². The first-order chi connectivity index (χ1) is 14.9. The fourth-order valence-corrected chi connectivity index (χ4v) is 22.9. The summed E-state index contributed by atoms with van der Waals surface area (Å²) >= 11 is 0. The van der Waals surface area contributed by atoms with Crippen molar-refractivity contribution in [2.75, 3.05) is 64.0 Å². The van der Waals surface area contributed by atoms with Crippen molar-refractivity contribution < 1.29 is 39.8 Å². The van der Waals surface area contributed by atoms with E-state index >= 15 is 0 Å². The van der Waals surface area contributed by atoms with Gasteiger partial charge in [-0.25, -0.2) is 0 Å². The molecule has 194 valence electrons. The molecule has 0 spiro atoms. The number of hydrogen-bond donors (Lipinski definition) is 0. The maximum Gasteiger partial charge on any atom is 0.502 e. The van der Waals surface area contributed by atoms with Gasteiger partial charge in [0.25, 0.3) is 0 Å². The fourth-order valence-electron chi connectivity index (χ4n) is 5.40. The van der Waals surface area contributed by atoms with Crippen LogP contribution in [0.5, 0.6) is 0 Å². The van der Waals surface area contributed by atoms with Gasteiger partial charge in [0.05, 0.1) is 8.07 Å². The Hall–Kier alpha value is 0.508. The summed E-state index contributed by atoms with van der Waals surface area (Å²) in [4.78, 5) is 0. The summed E-state index contributed by atoms with van der Waals surface area (Å²) in [7, 11) is 4.53. The van der Waals surface area contributed by atoms with Gasteiger partial charge in [-0.05, 0) is 0 Å². The molecule has 0 rings (SSSR count). The zero-order valence-electron chi connectivity index (χ0n) is 22.5. The zero-order valence-corrected chi connectivity index (χ0v) is 26.5. The molecule has 0 fully saturated rings. The van der Waals surface area contributed by atoms with Gasteiger partial charge in [-0.15, -0.1) is 0 Å². The minimum absolute atomic E-state index is 0.117. The van der Waals surface area contributed by atoms with Gasteiger partial charge < -0.3 is 39.8 Å². The molecule has 0 aromatic heterocycles. The van der Waals surface area contributed by atoms with Crippen molar-refractivity contribution in [2.24, 2.45) is 0 Å². The monoisotopic (exact) mass is 532 g/mol. The lowest BCUT2D eigenvalue weighted by Crippen LogP contribution is -2.54. The summed E-state index contributed by atoms with van der Waals surface area (Å²) < 4.78 is 52.2. The van der Waals surface area contributed by atoms with Crippen LogP contribution in [0.2, 0.25) is 41.3 Å². The summed E-state index contributed by atoms with van der Waals surface area (Å²) in [6.45, 7) is 8.87. The van der Waals surface area contributed by atoms with Crippen molar-refractivity contribution in [3.8, 4) is 0 Å². The molecule has 13 heteroatoms. The van der Waals surface area contributed by atoms with Crippen molar-refractivity contribution in [1.29, 1.82) is 0 Å². The van der Waals surface area contributed by atoms with E-state index in [1.54, 1.807) is 64.0 Å². The zero-order chi connectivity index (χ0) is 25.2. The Morgan fingerprint density at radius 3 is 0.688 bits per heavy atom. The van der Waals surface area contributed by atoms with Crippen LogP contribution in [0.15, 0.2) is 0 Å². The molecule has 0 bridgehead atoms. The molecule has 0 N–H and O–H groups in total. The van der Waals surface area contributed by atoms with E-state index in [9.17, 15) is 0 Å². The summed E-state index contributed by atoms with van der Waals surface area (Å²) in [6, 6.07) is 2.81. The minimum Gasteiger partial charge on any atom is -0.377 e. The van der Waals surface area contributed by atoms with Crippen molar-refractivity contribution in [3.05, 3.63) is 0 Å². The van der Waals surface area contributed by atoms with Crippen LogP contribution in [0, 0.1) is 0 Å². The van der Waals surface area contributed by atoms with Crippen molar-refractivity contribution >= 4 is 34.5 Å². The lowest BCUT2D eigenvalue weighted by molar-refractivity contribution is 0.113. The minimum atomic E-state index is -2.80. The molecule has 0 aliphatic rings. The molecule has 0 heterocycles. The Kier molecular flexibility index (Phi) is 14.4. The highest BCUT2D eigenvalue weighted by atomic mass is 28.4. The maximum absolute atomic E-state index is 5.80. The van der Waals surface area contributed by atoms with E-state index in [1.807, 2.05) is 0 Å². The lowest BCUT2D eigenvalue weighted by atomic mass is 10.5. The molecule has 32 heavy (non-hydrogen) atoms. The van der Waals surface area contributed by atoms with Crippen LogP contribution in [0.1, 0.15) is 20.8 Å². The Balaban J connectivity index is 6.16. The molecule has 0 aliphatic heterocycles. The predicted molar refractivity (Wildman–Crippen MR) is 135 cm³/mol.